The van der Waals surface area contributed by atoms with Crippen LogP contribution in [-0.4, -0.2) is 45.2 Å². The summed E-state index contributed by atoms with van der Waals surface area (Å²) < 4.78 is 33.8. The Morgan fingerprint density at radius 2 is 1.91 bits per heavy atom. The van der Waals surface area contributed by atoms with Gasteiger partial charge in [0.1, 0.15) is 6.10 Å². The van der Waals surface area contributed by atoms with Crippen LogP contribution in [0.2, 0.25) is 0 Å². The highest BCUT2D eigenvalue weighted by atomic mass is 32.2. The van der Waals surface area contributed by atoms with Gasteiger partial charge in [-0.3, -0.25) is 4.79 Å². The summed E-state index contributed by atoms with van der Waals surface area (Å²) in [5.41, 5.74) is 1.00. The van der Waals surface area contributed by atoms with Crippen LogP contribution >= 0.6 is 0 Å². The van der Waals surface area contributed by atoms with Crippen LogP contribution in [0.25, 0.3) is 0 Å². The number of carbonyl (C=O) groups excluding carboxylic acids is 1. The van der Waals surface area contributed by atoms with Gasteiger partial charge in [-0.25, -0.2) is 8.42 Å². The predicted octanol–water partition coefficient (Wildman–Crippen LogP) is 1.90. The zero-order chi connectivity index (χ0) is 16.4. The van der Waals surface area contributed by atoms with E-state index < -0.39 is 9.84 Å². The Balaban J connectivity index is 1.76. The Kier molecular flexibility index (Phi) is 4.23. The van der Waals surface area contributed by atoms with E-state index in [0.717, 1.165) is 11.8 Å². The summed E-state index contributed by atoms with van der Waals surface area (Å²) in [7, 11) is -3.46. The fraction of sp³-hybridized carbons (Fsp3) is 0.312. The van der Waals surface area contributed by atoms with Crippen molar-refractivity contribution in [3.8, 4) is 0 Å². The summed E-state index contributed by atoms with van der Waals surface area (Å²) in [6.45, 7) is 1.26. The lowest BCUT2D eigenvalue weighted by atomic mass is 10.1. The summed E-state index contributed by atoms with van der Waals surface area (Å²) in [4.78, 5) is 14.1. The summed E-state index contributed by atoms with van der Waals surface area (Å²) in [5, 5.41) is -0.200. The highest BCUT2D eigenvalue weighted by molar-refractivity contribution is 7.90. The average Bonchev–Trinajstić information content (AvgIpc) is 3.05. The summed E-state index contributed by atoms with van der Waals surface area (Å²) in [5.74, 6) is -0.303. The number of carbonyl (C=O) groups is 1. The molecule has 122 valence electrons. The van der Waals surface area contributed by atoms with Crippen molar-refractivity contribution < 1.29 is 22.4 Å². The topological polar surface area (TPSA) is 76.8 Å². The largest absolute Gasteiger partial charge is 0.440 e. The first-order chi connectivity index (χ1) is 10.9. The van der Waals surface area contributed by atoms with Crippen LogP contribution in [0.4, 0.5) is 0 Å². The van der Waals surface area contributed by atoms with Gasteiger partial charge in [-0.1, -0.05) is 30.3 Å². The molecule has 1 aliphatic rings. The molecule has 1 aromatic heterocycles. The quantitative estimate of drug-likeness (QED) is 0.856. The van der Waals surface area contributed by atoms with Crippen LogP contribution in [-0.2, 0) is 14.6 Å². The highest BCUT2D eigenvalue weighted by Gasteiger charge is 2.28. The van der Waals surface area contributed by atoms with Crippen LogP contribution in [0, 0.1) is 0 Å². The summed E-state index contributed by atoms with van der Waals surface area (Å²) in [6, 6.07) is 12.4. The normalized spacial score (nSPS) is 18.8. The molecule has 1 atom stereocenters. The second-order valence-electron chi connectivity index (χ2n) is 5.41. The van der Waals surface area contributed by atoms with Gasteiger partial charge >= 0.3 is 0 Å². The molecule has 2 heterocycles. The zero-order valence-electron chi connectivity index (χ0n) is 12.6. The zero-order valence-corrected chi connectivity index (χ0v) is 13.5. The number of ether oxygens (including phenoxy) is 1. The van der Waals surface area contributed by atoms with E-state index in [0.29, 0.717) is 19.7 Å². The molecule has 6 nitrogen and oxygen atoms in total. The van der Waals surface area contributed by atoms with Gasteiger partial charge in [0.05, 0.1) is 13.2 Å². The number of furan rings is 1. The lowest BCUT2D eigenvalue weighted by Crippen LogP contribution is -2.42. The molecule has 7 heteroatoms. The molecule has 1 amide bonds. The molecule has 0 N–H and O–H groups in total. The summed E-state index contributed by atoms with van der Waals surface area (Å²) >= 11 is 0. The van der Waals surface area contributed by atoms with Crippen LogP contribution in [0.5, 0.6) is 0 Å². The van der Waals surface area contributed by atoms with Crippen molar-refractivity contribution >= 4 is 15.7 Å². The Morgan fingerprint density at radius 1 is 1.17 bits per heavy atom. The molecule has 0 bridgehead atoms. The molecule has 2 aromatic rings. The number of hydrogen-bond acceptors (Lipinski definition) is 5. The molecule has 1 unspecified atom stereocenters. The molecule has 0 aliphatic carbocycles. The van der Waals surface area contributed by atoms with Gasteiger partial charge in [-0.15, -0.1) is 0 Å². The van der Waals surface area contributed by atoms with Gasteiger partial charge in [0, 0.05) is 12.8 Å². The minimum Gasteiger partial charge on any atom is -0.440 e. The molecular weight excluding hydrogens is 318 g/mol. The lowest BCUT2D eigenvalue weighted by molar-refractivity contribution is -0.0239. The monoisotopic (exact) mass is 335 g/mol. The van der Waals surface area contributed by atoms with Crippen LogP contribution < -0.4 is 0 Å². The number of benzene rings is 1. The highest BCUT2D eigenvalue weighted by Crippen LogP contribution is 2.24. The number of amides is 1. The molecule has 0 saturated carbocycles. The van der Waals surface area contributed by atoms with E-state index in [9.17, 15) is 13.2 Å². The van der Waals surface area contributed by atoms with Crippen LogP contribution in [0.15, 0.2) is 52.0 Å². The van der Waals surface area contributed by atoms with E-state index in [4.69, 9.17) is 9.15 Å². The lowest BCUT2D eigenvalue weighted by Gasteiger charge is -2.32. The SMILES string of the molecule is CS(=O)(=O)c1ccc(C(=O)N2CCOC(c3ccccc3)C2)o1. The maximum atomic E-state index is 12.5. The first kappa shape index (κ1) is 15.8. The first-order valence-corrected chi connectivity index (χ1v) is 9.10. The Labute approximate surface area is 134 Å². The summed E-state index contributed by atoms with van der Waals surface area (Å²) in [6.07, 6.45) is 0.846. The maximum absolute atomic E-state index is 12.5. The van der Waals surface area contributed by atoms with Crippen molar-refractivity contribution in [2.45, 2.75) is 11.2 Å². The number of rotatable bonds is 3. The molecule has 0 spiro atoms. The van der Waals surface area contributed by atoms with Crippen molar-refractivity contribution in [2.75, 3.05) is 26.0 Å². The van der Waals surface area contributed by atoms with Crippen LogP contribution in [0.1, 0.15) is 22.2 Å². The molecule has 1 aromatic carbocycles. The minimum absolute atomic E-state index is 0.0270. The van der Waals surface area contributed by atoms with Gasteiger partial charge < -0.3 is 14.1 Å². The van der Waals surface area contributed by atoms with Crippen molar-refractivity contribution in [1.82, 2.24) is 4.90 Å². The molecule has 1 aliphatic heterocycles. The number of sulfone groups is 1. The molecular formula is C16H17NO5S. The van der Waals surface area contributed by atoms with Crippen molar-refractivity contribution in [3.63, 3.8) is 0 Å². The number of nitrogens with zero attached hydrogens (tertiary/aromatic N) is 1. The maximum Gasteiger partial charge on any atom is 0.289 e. The van der Waals surface area contributed by atoms with Crippen molar-refractivity contribution in [1.29, 1.82) is 0 Å². The van der Waals surface area contributed by atoms with Crippen molar-refractivity contribution in [2.24, 2.45) is 0 Å². The fourth-order valence-electron chi connectivity index (χ4n) is 2.49. The minimum atomic E-state index is -3.46. The van der Waals surface area contributed by atoms with Crippen LogP contribution in [0.3, 0.4) is 0 Å². The predicted molar refractivity (Wildman–Crippen MR) is 82.9 cm³/mol. The Morgan fingerprint density at radius 3 is 2.57 bits per heavy atom. The van der Waals surface area contributed by atoms with E-state index in [1.54, 1.807) is 4.90 Å². The van der Waals surface area contributed by atoms with E-state index in [-0.39, 0.29) is 22.9 Å². The molecule has 3 rings (SSSR count). The number of hydrogen-bond donors (Lipinski definition) is 0. The third kappa shape index (κ3) is 3.46. The second-order valence-corrected chi connectivity index (χ2v) is 7.36. The smallest absolute Gasteiger partial charge is 0.289 e. The average molecular weight is 335 g/mol. The third-order valence-corrected chi connectivity index (χ3v) is 4.63. The van der Waals surface area contributed by atoms with Crippen molar-refractivity contribution in [3.05, 3.63) is 53.8 Å². The third-order valence-electron chi connectivity index (χ3n) is 3.68. The molecule has 0 radical (unpaired) electrons. The van der Waals surface area contributed by atoms with E-state index in [2.05, 4.69) is 0 Å². The van der Waals surface area contributed by atoms with Gasteiger partial charge in [-0.05, 0) is 17.7 Å². The first-order valence-electron chi connectivity index (χ1n) is 7.21. The molecule has 1 saturated heterocycles. The Bertz CT molecular complexity index is 797. The standard InChI is InChI=1S/C16H17NO5S/c1-23(19,20)15-8-7-13(22-15)16(18)17-9-10-21-14(11-17)12-5-3-2-4-6-12/h2-8,14H,9-11H2,1H3. The molecule has 1 fully saturated rings. The van der Waals surface area contributed by atoms with Gasteiger partial charge in [0.15, 0.2) is 5.76 Å². The molecule has 23 heavy (non-hydrogen) atoms. The Hall–Kier alpha value is -2.12. The van der Waals surface area contributed by atoms with Gasteiger partial charge in [0.2, 0.25) is 14.9 Å². The second kappa shape index (κ2) is 6.17. The van der Waals surface area contributed by atoms with E-state index >= 15 is 0 Å². The number of morpholine rings is 1. The van der Waals surface area contributed by atoms with Gasteiger partial charge in [0.25, 0.3) is 5.91 Å². The fourth-order valence-corrected chi connectivity index (χ4v) is 3.05. The van der Waals surface area contributed by atoms with E-state index in [1.807, 2.05) is 30.3 Å². The van der Waals surface area contributed by atoms with Gasteiger partial charge in [-0.2, -0.15) is 0 Å². The van der Waals surface area contributed by atoms with E-state index in [1.165, 1.54) is 12.1 Å².